The minimum atomic E-state index is -0.428. The van der Waals surface area contributed by atoms with Gasteiger partial charge in [0.1, 0.15) is 5.75 Å². The number of ether oxygens (including phenoxy) is 2. The highest BCUT2D eigenvalue weighted by Gasteiger charge is 2.29. The van der Waals surface area contributed by atoms with E-state index in [0.29, 0.717) is 18.9 Å². The normalized spacial score (nSPS) is 25.2. The minimum Gasteiger partial charge on any atom is -0.490 e. The van der Waals surface area contributed by atoms with Crippen LogP contribution in [0.1, 0.15) is 73.3 Å². The van der Waals surface area contributed by atoms with E-state index in [-0.39, 0.29) is 18.8 Å². The van der Waals surface area contributed by atoms with Crippen LogP contribution >= 0.6 is 0 Å². The lowest BCUT2D eigenvalue weighted by Gasteiger charge is -2.32. The van der Waals surface area contributed by atoms with E-state index in [1.54, 1.807) is 0 Å². The molecule has 4 nitrogen and oxygen atoms in total. The largest absolute Gasteiger partial charge is 0.490 e. The Morgan fingerprint density at radius 1 is 1.00 bits per heavy atom. The summed E-state index contributed by atoms with van der Waals surface area (Å²) in [4.78, 5) is 0. The molecule has 162 valence electrons. The van der Waals surface area contributed by atoms with Gasteiger partial charge in [0.25, 0.3) is 0 Å². The average Bonchev–Trinajstić information content (AvgIpc) is 2.77. The molecular formula is C26H34O4. The molecule has 1 heterocycles. The van der Waals surface area contributed by atoms with Gasteiger partial charge in [0.15, 0.2) is 0 Å². The molecule has 1 aliphatic carbocycles. The van der Waals surface area contributed by atoms with Gasteiger partial charge in [-0.15, -0.1) is 0 Å². The first-order chi connectivity index (χ1) is 14.6. The van der Waals surface area contributed by atoms with Crippen LogP contribution < -0.4 is 4.74 Å². The molecule has 0 amide bonds. The Morgan fingerprint density at radius 2 is 1.77 bits per heavy atom. The lowest BCUT2D eigenvalue weighted by atomic mass is 9.92. The first-order valence-electron chi connectivity index (χ1n) is 11.4. The molecule has 3 atom stereocenters. The highest BCUT2D eigenvalue weighted by atomic mass is 16.5. The zero-order chi connectivity index (χ0) is 20.9. The molecule has 2 aromatic rings. The molecular weight excluding hydrogens is 376 g/mol. The van der Waals surface area contributed by atoms with E-state index in [0.717, 1.165) is 17.7 Å². The third-order valence-corrected chi connectivity index (χ3v) is 6.50. The van der Waals surface area contributed by atoms with Crippen LogP contribution in [0.5, 0.6) is 5.75 Å². The predicted molar refractivity (Wildman–Crippen MR) is 118 cm³/mol. The fourth-order valence-corrected chi connectivity index (χ4v) is 4.69. The smallest absolute Gasteiger partial charge is 0.119 e. The number of aryl methyl sites for hydroxylation is 1. The summed E-state index contributed by atoms with van der Waals surface area (Å²) in [5, 5.41) is 19.6. The summed E-state index contributed by atoms with van der Waals surface area (Å²) in [6.45, 7) is 2.08. The Morgan fingerprint density at radius 3 is 2.50 bits per heavy atom. The molecule has 0 aromatic heterocycles. The van der Waals surface area contributed by atoms with Gasteiger partial charge in [0.05, 0.1) is 31.0 Å². The van der Waals surface area contributed by atoms with Crippen LogP contribution in [-0.4, -0.2) is 35.1 Å². The minimum absolute atomic E-state index is 0.0540. The van der Waals surface area contributed by atoms with E-state index in [4.69, 9.17) is 9.47 Å². The summed E-state index contributed by atoms with van der Waals surface area (Å²) >= 11 is 0. The monoisotopic (exact) mass is 410 g/mol. The molecule has 0 spiro atoms. The predicted octanol–water partition coefficient (Wildman–Crippen LogP) is 4.87. The quantitative estimate of drug-likeness (QED) is 0.713. The molecule has 30 heavy (non-hydrogen) atoms. The van der Waals surface area contributed by atoms with Gasteiger partial charge in [-0.3, -0.25) is 0 Å². The first-order valence-corrected chi connectivity index (χ1v) is 11.4. The Hall–Kier alpha value is -1.88. The van der Waals surface area contributed by atoms with E-state index in [1.165, 1.54) is 48.8 Å². The molecule has 2 N–H and O–H groups in total. The Labute approximate surface area is 179 Å². The second-order valence-corrected chi connectivity index (χ2v) is 8.94. The highest BCUT2D eigenvalue weighted by molar-refractivity contribution is 5.38. The molecule has 2 aliphatic rings. The highest BCUT2D eigenvalue weighted by Crippen LogP contribution is 2.33. The van der Waals surface area contributed by atoms with Crippen LogP contribution in [0.2, 0.25) is 0 Å². The maximum atomic E-state index is 10.1. The van der Waals surface area contributed by atoms with Crippen molar-refractivity contribution >= 4 is 0 Å². The van der Waals surface area contributed by atoms with Gasteiger partial charge in [0.2, 0.25) is 0 Å². The van der Waals surface area contributed by atoms with Crippen molar-refractivity contribution < 1.29 is 19.7 Å². The van der Waals surface area contributed by atoms with Crippen molar-refractivity contribution in [2.75, 3.05) is 6.61 Å². The van der Waals surface area contributed by atoms with Crippen molar-refractivity contribution in [2.24, 2.45) is 0 Å². The third kappa shape index (κ3) is 5.42. The summed E-state index contributed by atoms with van der Waals surface area (Å²) in [6, 6.07) is 14.9. The maximum Gasteiger partial charge on any atom is 0.119 e. The third-order valence-electron chi connectivity index (χ3n) is 6.50. The second kappa shape index (κ2) is 9.95. The average molecular weight is 411 g/mol. The van der Waals surface area contributed by atoms with Crippen molar-refractivity contribution in [3.63, 3.8) is 0 Å². The summed E-state index contributed by atoms with van der Waals surface area (Å²) in [7, 11) is 0. The fraction of sp³-hybridized carbons (Fsp3) is 0.538. The van der Waals surface area contributed by atoms with Gasteiger partial charge in [-0.25, -0.2) is 0 Å². The van der Waals surface area contributed by atoms with Gasteiger partial charge in [-0.05, 0) is 73.4 Å². The van der Waals surface area contributed by atoms with Gasteiger partial charge in [-0.2, -0.15) is 0 Å². The van der Waals surface area contributed by atoms with Crippen LogP contribution in [-0.2, 0) is 11.2 Å². The van der Waals surface area contributed by atoms with Crippen molar-refractivity contribution in [3.05, 3.63) is 64.7 Å². The standard InChI is InChI=1S/C26H34O4/c1-18-7-10-20(26-16-22(28)15-25(17-27)30-26)14-21(18)13-19-8-11-24(12-9-19)29-23-5-3-2-4-6-23/h7-12,14,22-23,25-28H,2-6,13,15-17H2,1H3/t22-,25-,26+/m0/s1. The fourth-order valence-electron chi connectivity index (χ4n) is 4.69. The molecule has 0 radical (unpaired) electrons. The lowest BCUT2D eigenvalue weighted by Crippen LogP contribution is -2.33. The molecule has 0 bridgehead atoms. The summed E-state index contributed by atoms with van der Waals surface area (Å²) in [6.07, 6.45) is 7.64. The lowest BCUT2D eigenvalue weighted by molar-refractivity contribution is -0.113. The van der Waals surface area contributed by atoms with Gasteiger partial charge >= 0.3 is 0 Å². The van der Waals surface area contributed by atoms with Crippen LogP contribution in [0.3, 0.4) is 0 Å². The molecule has 4 rings (SSSR count). The van der Waals surface area contributed by atoms with Crippen LogP contribution in [0.4, 0.5) is 0 Å². The molecule has 1 saturated carbocycles. The van der Waals surface area contributed by atoms with E-state index < -0.39 is 6.10 Å². The van der Waals surface area contributed by atoms with Gasteiger partial charge in [0, 0.05) is 12.8 Å². The number of aliphatic hydroxyl groups is 2. The van der Waals surface area contributed by atoms with Crippen molar-refractivity contribution in [3.8, 4) is 5.75 Å². The number of hydrogen-bond acceptors (Lipinski definition) is 4. The van der Waals surface area contributed by atoms with Crippen molar-refractivity contribution in [2.45, 2.75) is 82.7 Å². The maximum absolute atomic E-state index is 10.1. The zero-order valence-corrected chi connectivity index (χ0v) is 17.9. The SMILES string of the molecule is Cc1ccc([C@H]2C[C@@H](O)C[C@@H](CO)O2)cc1Cc1ccc(OC2CCCCC2)cc1. The molecule has 2 aromatic carbocycles. The molecule has 1 saturated heterocycles. The van der Waals surface area contributed by atoms with E-state index >= 15 is 0 Å². The number of rotatable bonds is 6. The topological polar surface area (TPSA) is 58.9 Å². The Balaban J connectivity index is 1.43. The van der Waals surface area contributed by atoms with Crippen LogP contribution in [0.25, 0.3) is 0 Å². The molecule has 4 heteroatoms. The van der Waals surface area contributed by atoms with Crippen LogP contribution in [0.15, 0.2) is 42.5 Å². The van der Waals surface area contributed by atoms with Crippen molar-refractivity contribution in [1.82, 2.24) is 0 Å². The zero-order valence-electron chi connectivity index (χ0n) is 17.9. The summed E-state index contributed by atoms with van der Waals surface area (Å²) in [5.41, 5.74) is 4.84. The van der Waals surface area contributed by atoms with Crippen molar-refractivity contribution in [1.29, 1.82) is 0 Å². The summed E-state index contributed by atoms with van der Waals surface area (Å²) < 4.78 is 12.2. The van der Waals surface area contributed by atoms with Gasteiger partial charge < -0.3 is 19.7 Å². The second-order valence-electron chi connectivity index (χ2n) is 8.94. The molecule has 2 fully saturated rings. The number of benzene rings is 2. The van der Waals surface area contributed by atoms with E-state index in [9.17, 15) is 10.2 Å². The van der Waals surface area contributed by atoms with Gasteiger partial charge in [-0.1, -0.05) is 36.8 Å². The van der Waals surface area contributed by atoms with Crippen LogP contribution in [0, 0.1) is 6.92 Å². The molecule has 1 aliphatic heterocycles. The van der Waals surface area contributed by atoms with E-state index in [2.05, 4.69) is 49.4 Å². The Kier molecular flexibility index (Phi) is 7.08. The number of aliphatic hydroxyl groups excluding tert-OH is 2. The number of hydrogen-bond donors (Lipinski definition) is 2. The Bertz CT molecular complexity index is 810. The first kappa shape index (κ1) is 21.4. The van der Waals surface area contributed by atoms with E-state index in [1.807, 2.05) is 0 Å². The molecule has 0 unspecified atom stereocenters. The summed E-state index contributed by atoms with van der Waals surface area (Å²) in [5.74, 6) is 0.968.